The number of carbonyl (C=O) groups excluding carboxylic acids is 1. The first-order chi connectivity index (χ1) is 10.7. The van der Waals surface area contributed by atoms with Gasteiger partial charge in [0.05, 0.1) is 6.10 Å². The largest absolute Gasteiger partial charge is 0.377 e. The first-order valence-electron chi connectivity index (χ1n) is 7.17. The summed E-state index contributed by atoms with van der Waals surface area (Å²) in [6, 6.07) is 17.0. The molecule has 0 spiro atoms. The van der Waals surface area contributed by atoms with Crippen molar-refractivity contribution in [2.24, 2.45) is 0 Å². The van der Waals surface area contributed by atoms with E-state index in [0.29, 0.717) is 0 Å². The highest BCUT2D eigenvalue weighted by molar-refractivity contribution is 5.94. The Kier molecular flexibility index (Phi) is 5.69. The normalized spacial score (nSPS) is 13.4. The van der Waals surface area contributed by atoms with Crippen LogP contribution >= 0.6 is 0 Å². The van der Waals surface area contributed by atoms with Crippen molar-refractivity contribution >= 4 is 11.6 Å². The molecule has 0 aliphatic rings. The lowest BCUT2D eigenvalue weighted by Gasteiger charge is -2.17. The van der Waals surface area contributed by atoms with Crippen LogP contribution in [0, 0.1) is 0 Å². The number of hydrogen-bond donors (Lipinski definition) is 1. The summed E-state index contributed by atoms with van der Waals surface area (Å²) in [5.74, 6) is -0.198. The summed E-state index contributed by atoms with van der Waals surface area (Å²) in [5, 5.41) is 2.89. The first kappa shape index (κ1) is 16.2. The van der Waals surface area contributed by atoms with Crippen LogP contribution in [0.5, 0.6) is 0 Å². The molecule has 22 heavy (non-hydrogen) atoms. The Hall–Kier alpha value is -2.17. The molecule has 1 amide bonds. The second-order valence-electron chi connectivity index (χ2n) is 5.02. The van der Waals surface area contributed by atoms with Gasteiger partial charge in [-0.15, -0.1) is 0 Å². The zero-order valence-corrected chi connectivity index (χ0v) is 13.1. The maximum Gasteiger partial charge on any atom is 0.258 e. The number of ether oxygens (including phenoxy) is 2. The van der Waals surface area contributed by atoms with E-state index < -0.39 is 6.10 Å². The minimum atomic E-state index is -0.635. The van der Waals surface area contributed by atoms with Crippen LogP contribution in [0.2, 0.25) is 0 Å². The van der Waals surface area contributed by atoms with Crippen molar-refractivity contribution in [1.82, 2.24) is 0 Å². The number of carbonyl (C=O) groups is 1. The fraction of sp³-hybridized carbons (Fsp3) is 0.278. The van der Waals surface area contributed by atoms with Gasteiger partial charge in [0, 0.05) is 19.9 Å². The lowest BCUT2D eigenvalue weighted by Crippen LogP contribution is -2.22. The van der Waals surface area contributed by atoms with Crippen molar-refractivity contribution in [2.75, 3.05) is 19.5 Å². The van der Waals surface area contributed by atoms with Gasteiger partial charge in [0.2, 0.25) is 0 Å². The van der Waals surface area contributed by atoms with Gasteiger partial charge in [-0.05, 0) is 30.2 Å². The van der Waals surface area contributed by atoms with E-state index in [2.05, 4.69) is 5.32 Å². The molecule has 116 valence electrons. The molecule has 1 N–H and O–H groups in total. The van der Waals surface area contributed by atoms with E-state index in [0.717, 1.165) is 16.8 Å². The van der Waals surface area contributed by atoms with Gasteiger partial charge in [-0.1, -0.05) is 42.5 Å². The summed E-state index contributed by atoms with van der Waals surface area (Å²) in [5.41, 5.74) is 2.56. The third-order valence-electron chi connectivity index (χ3n) is 3.55. The maximum atomic E-state index is 12.4. The Bertz CT molecular complexity index is 613. The molecule has 4 heteroatoms. The number of amides is 1. The molecule has 4 nitrogen and oxygen atoms in total. The SMILES string of the molecule is CO[C@@H](C)c1cccc(NC(=O)[C@H](OC)c2ccccc2)c1. The average Bonchev–Trinajstić information content (AvgIpc) is 2.56. The molecule has 0 aliphatic carbocycles. The summed E-state index contributed by atoms with van der Waals surface area (Å²) in [6.45, 7) is 1.96. The number of anilines is 1. The highest BCUT2D eigenvalue weighted by Gasteiger charge is 2.20. The van der Waals surface area contributed by atoms with Gasteiger partial charge < -0.3 is 14.8 Å². The molecule has 0 aliphatic heterocycles. The third-order valence-corrected chi connectivity index (χ3v) is 3.55. The van der Waals surface area contributed by atoms with Gasteiger partial charge in [0.1, 0.15) is 0 Å². The average molecular weight is 299 g/mol. The molecule has 0 radical (unpaired) electrons. The molecule has 0 saturated carbocycles. The molecule has 0 saturated heterocycles. The molecule has 0 heterocycles. The van der Waals surface area contributed by atoms with Gasteiger partial charge in [-0.25, -0.2) is 0 Å². The lowest BCUT2D eigenvalue weighted by molar-refractivity contribution is -0.126. The predicted molar refractivity (Wildman–Crippen MR) is 86.7 cm³/mol. The third kappa shape index (κ3) is 3.93. The first-order valence-corrected chi connectivity index (χ1v) is 7.17. The van der Waals surface area contributed by atoms with Crippen LogP contribution < -0.4 is 5.32 Å². The van der Waals surface area contributed by atoms with Crippen LogP contribution in [0.1, 0.15) is 30.3 Å². The Morgan fingerprint density at radius 3 is 2.27 bits per heavy atom. The Morgan fingerprint density at radius 2 is 1.64 bits per heavy atom. The summed E-state index contributed by atoms with van der Waals surface area (Å²) in [4.78, 5) is 12.4. The van der Waals surface area contributed by atoms with Crippen LogP contribution in [0.15, 0.2) is 54.6 Å². The number of nitrogens with one attached hydrogen (secondary N) is 1. The predicted octanol–water partition coefficient (Wildman–Crippen LogP) is 3.72. The minimum Gasteiger partial charge on any atom is -0.377 e. The van der Waals surface area contributed by atoms with Gasteiger partial charge in [-0.2, -0.15) is 0 Å². The summed E-state index contributed by atoms with van der Waals surface area (Å²) in [6.07, 6.45) is -0.658. The fourth-order valence-corrected chi connectivity index (χ4v) is 2.24. The van der Waals surface area contributed by atoms with E-state index in [-0.39, 0.29) is 12.0 Å². The molecule has 2 rings (SSSR count). The summed E-state index contributed by atoms with van der Waals surface area (Å²) in [7, 11) is 3.19. The van der Waals surface area contributed by atoms with E-state index in [9.17, 15) is 4.79 Å². The minimum absolute atomic E-state index is 0.0239. The van der Waals surface area contributed by atoms with E-state index >= 15 is 0 Å². The van der Waals surface area contributed by atoms with Crippen molar-refractivity contribution in [2.45, 2.75) is 19.1 Å². The lowest BCUT2D eigenvalue weighted by atomic mass is 10.1. The second kappa shape index (κ2) is 7.73. The highest BCUT2D eigenvalue weighted by Crippen LogP contribution is 2.22. The molecular weight excluding hydrogens is 278 g/mol. The second-order valence-corrected chi connectivity index (χ2v) is 5.02. The van der Waals surface area contributed by atoms with Crippen LogP contribution in [0.4, 0.5) is 5.69 Å². The molecule has 2 aromatic carbocycles. The van der Waals surface area contributed by atoms with E-state index in [1.807, 2.05) is 61.5 Å². The monoisotopic (exact) mass is 299 g/mol. The molecule has 0 aromatic heterocycles. The van der Waals surface area contributed by atoms with Crippen molar-refractivity contribution < 1.29 is 14.3 Å². The maximum absolute atomic E-state index is 12.4. The summed E-state index contributed by atoms with van der Waals surface area (Å²) < 4.78 is 10.6. The molecular formula is C18H21NO3. The summed E-state index contributed by atoms with van der Waals surface area (Å²) >= 11 is 0. The zero-order chi connectivity index (χ0) is 15.9. The van der Waals surface area contributed by atoms with Gasteiger partial charge in [0.15, 0.2) is 6.10 Å². The molecule has 0 fully saturated rings. The Morgan fingerprint density at radius 1 is 0.955 bits per heavy atom. The van der Waals surface area contributed by atoms with Crippen molar-refractivity contribution in [1.29, 1.82) is 0 Å². The van der Waals surface area contributed by atoms with Crippen molar-refractivity contribution in [3.63, 3.8) is 0 Å². The van der Waals surface area contributed by atoms with Crippen LogP contribution in [0.25, 0.3) is 0 Å². The Balaban J connectivity index is 2.14. The van der Waals surface area contributed by atoms with E-state index in [4.69, 9.17) is 9.47 Å². The highest BCUT2D eigenvalue weighted by atomic mass is 16.5. The standard InChI is InChI=1S/C18H21NO3/c1-13(21-2)15-10-7-11-16(12-15)19-18(20)17(22-3)14-8-5-4-6-9-14/h4-13,17H,1-3H3,(H,19,20)/t13-,17+/m0/s1. The van der Waals surface area contributed by atoms with Crippen molar-refractivity contribution in [3.8, 4) is 0 Å². The number of rotatable bonds is 6. The smallest absolute Gasteiger partial charge is 0.258 e. The Labute approximate surface area is 131 Å². The number of methoxy groups -OCH3 is 2. The van der Waals surface area contributed by atoms with Gasteiger partial charge >= 0.3 is 0 Å². The molecule has 0 unspecified atom stereocenters. The van der Waals surface area contributed by atoms with Crippen molar-refractivity contribution in [3.05, 3.63) is 65.7 Å². The van der Waals surface area contributed by atoms with E-state index in [1.165, 1.54) is 7.11 Å². The van der Waals surface area contributed by atoms with Gasteiger partial charge in [-0.3, -0.25) is 4.79 Å². The molecule has 0 bridgehead atoms. The quantitative estimate of drug-likeness (QED) is 0.884. The molecule has 2 atom stereocenters. The number of benzene rings is 2. The van der Waals surface area contributed by atoms with Crippen LogP contribution in [0.3, 0.4) is 0 Å². The fourth-order valence-electron chi connectivity index (χ4n) is 2.24. The van der Waals surface area contributed by atoms with E-state index in [1.54, 1.807) is 7.11 Å². The van der Waals surface area contributed by atoms with Crippen LogP contribution in [-0.4, -0.2) is 20.1 Å². The molecule has 2 aromatic rings. The van der Waals surface area contributed by atoms with Gasteiger partial charge in [0.25, 0.3) is 5.91 Å². The van der Waals surface area contributed by atoms with Crippen LogP contribution in [-0.2, 0) is 14.3 Å². The number of hydrogen-bond acceptors (Lipinski definition) is 3. The zero-order valence-electron chi connectivity index (χ0n) is 13.1. The topological polar surface area (TPSA) is 47.6 Å².